The molecule has 0 radical (unpaired) electrons. The van der Waals surface area contributed by atoms with Crippen molar-refractivity contribution in [3.05, 3.63) is 30.3 Å². The van der Waals surface area contributed by atoms with Crippen molar-refractivity contribution in [1.29, 1.82) is 0 Å². The normalized spacial score (nSPS) is 15.9. The van der Waals surface area contributed by atoms with Crippen LogP contribution < -0.4 is 4.74 Å². The highest BCUT2D eigenvalue weighted by molar-refractivity contribution is 5.80. The average Bonchev–Trinajstić information content (AvgIpc) is 2.47. The van der Waals surface area contributed by atoms with Crippen LogP contribution in [0.25, 0.3) is 0 Å². The monoisotopic (exact) mass is 277 g/mol. The number of likely N-dealkylation sites (tertiary alicyclic amines) is 1. The molecule has 1 heterocycles. The lowest BCUT2D eigenvalue weighted by molar-refractivity contribution is -0.146. The van der Waals surface area contributed by atoms with Crippen molar-refractivity contribution >= 4 is 11.8 Å². The molecule has 0 unspecified atom stereocenters. The van der Waals surface area contributed by atoms with Gasteiger partial charge in [-0.05, 0) is 12.1 Å². The quantitative estimate of drug-likeness (QED) is 0.579. The number of benzene rings is 1. The van der Waals surface area contributed by atoms with Gasteiger partial charge in [0.1, 0.15) is 24.7 Å². The molecule has 0 N–H and O–H groups in total. The summed E-state index contributed by atoms with van der Waals surface area (Å²) in [6.07, 6.45) is 1.06. The Labute approximate surface area is 118 Å². The van der Waals surface area contributed by atoms with Gasteiger partial charge in [-0.2, -0.15) is 0 Å². The van der Waals surface area contributed by atoms with Gasteiger partial charge in [0.25, 0.3) is 0 Å². The Hall–Kier alpha value is -1.88. The highest BCUT2D eigenvalue weighted by Gasteiger charge is 2.18. The third-order valence-corrected chi connectivity index (χ3v) is 3.12. The fraction of sp³-hybridized carbons (Fsp3) is 0.467. The van der Waals surface area contributed by atoms with Gasteiger partial charge < -0.3 is 9.47 Å². The number of hydrogen-bond donors (Lipinski definition) is 0. The fourth-order valence-electron chi connectivity index (χ4n) is 2.02. The van der Waals surface area contributed by atoms with E-state index in [1.807, 2.05) is 35.2 Å². The Morgan fingerprint density at radius 1 is 1.10 bits per heavy atom. The molecule has 0 aliphatic carbocycles. The molecule has 108 valence electrons. The van der Waals surface area contributed by atoms with Crippen LogP contribution in [0.4, 0.5) is 0 Å². The third kappa shape index (κ3) is 5.01. The number of carbonyl (C=O) groups is 2. The van der Waals surface area contributed by atoms with Crippen LogP contribution in [0.5, 0.6) is 5.75 Å². The second-order valence-electron chi connectivity index (χ2n) is 4.70. The number of nitrogens with zero attached hydrogens (tertiary/aromatic N) is 1. The largest absolute Gasteiger partial charge is 0.490 e. The summed E-state index contributed by atoms with van der Waals surface area (Å²) < 4.78 is 10.5. The molecule has 0 atom stereocenters. The number of hydrogen-bond acceptors (Lipinski definition) is 5. The van der Waals surface area contributed by atoms with E-state index in [9.17, 15) is 9.59 Å². The fourth-order valence-corrected chi connectivity index (χ4v) is 2.02. The van der Waals surface area contributed by atoms with Crippen LogP contribution in [0.15, 0.2) is 30.3 Å². The lowest BCUT2D eigenvalue weighted by Gasteiger charge is -2.24. The zero-order valence-corrected chi connectivity index (χ0v) is 11.4. The number of ether oxygens (including phenoxy) is 2. The maximum absolute atomic E-state index is 11.6. The van der Waals surface area contributed by atoms with E-state index in [4.69, 9.17) is 9.47 Å². The predicted molar refractivity (Wildman–Crippen MR) is 73.6 cm³/mol. The predicted octanol–water partition coefficient (Wildman–Crippen LogP) is 1.27. The summed E-state index contributed by atoms with van der Waals surface area (Å²) in [6, 6.07) is 9.40. The molecule has 1 aliphatic rings. The summed E-state index contributed by atoms with van der Waals surface area (Å²) in [5.74, 6) is 0.764. The van der Waals surface area contributed by atoms with E-state index < -0.39 is 0 Å². The van der Waals surface area contributed by atoms with Crippen LogP contribution in [0.1, 0.15) is 12.8 Å². The molecule has 1 aromatic rings. The van der Waals surface area contributed by atoms with Crippen LogP contribution in [-0.4, -0.2) is 49.5 Å². The first-order chi connectivity index (χ1) is 9.74. The molecule has 5 heteroatoms. The van der Waals surface area contributed by atoms with Crippen LogP contribution in [-0.2, 0) is 14.3 Å². The highest BCUT2D eigenvalue weighted by atomic mass is 16.6. The van der Waals surface area contributed by atoms with Crippen LogP contribution >= 0.6 is 0 Å². The lowest BCUT2D eigenvalue weighted by atomic mass is 10.1. The van der Waals surface area contributed by atoms with E-state index in [0.717, 1.165) is 5.75 Å². The van der Waals surface area contributed by atoms with Gasteiger partial charge in [0.2, 0.25) is 0 Å². The number of ketones is 1. The minimum Gasteiger partial charge on any atom is -0.490 e. The van der Waals surface area contributed by atoms with Crippen molar-refractivity contribution in [3.8, 4) is 5.75 Å². The Morgan fingerprint density at radius 2 is 1.80 bits per heavy atom. The number of piperidine rings is 1. The van der Waals surface area contributed by atoms with Crippen molar-refractivity contribution < 1.29 is 19.1 Å². The Kier molecular flexibility index (Phi) is 5.55. The molecule has 0 saturated carbocycles. The van der Waals surface area contributed by atoms with Crippen LogP contribution in [0, 0.1) is 0 Å². The first kappa shape index (κ1) is 14.5. The highest BCUT2D eigenvalue weighted by Crippen LogP contribution is 2.08. The minimum atomic E-state index is -0.268. The number of esters is 1. The summed E-state index contributed by atoms with van der Waals surface area (Å²) in [5, 5.41) is 0. The maximum atomic E-state index is 11.6. The first-order valence-corrected chi connectivity index (χ1v) is 6.81. The van der Waals surface area contributed by atoms with E-state index in [0.29, 0.717) is 32.5 Å². The van der Waals surface area contributed by atoms with Crippen LogP contribution in [0.2, 0.25) is 0 Å². The van der Waals surface area contributed by atoms with Gasteiger partial charge in [-0.3, -0.25) is 14.5 Å². The number of para-hydroxylation sites is 1. The molecular formula is C15H19NO4. The first-order valence-electron chi connectivity index (χ1n) is 6.81. The smallest absolute Gasteiger partial charge is 0.320 e. The summed E-state index contributed by atoms with van der Waals surface area (Å²) in [5.41, 5.74) is 0. The molecule has 5 nitrogen and oxygen atoms in total. The number of rotatable bonds is 6. The van der Waals surface area contributed by atoms with Crippen molar-refractivity contribution in [3.63, 3.8) is 0 Å². The van der Waals surface area contributed by atoms with E-state index in [1.165, 1.54) is 0 Å². The van der Waals surface area contributed by atoms with Crippen LogP contribution in [0.3, 0.4) is 0 Å². The molecule has 1 aromatic carbocycles. The van der Waals surface area contributed by atoms with Gasteiger partial charge in [-0.1, -0.05) is 18.2 Å². The van der Waals surface area contributed by atoms with Gasteiger partial charge in [-0.25, -0.2) is 0 Å². The number of carbonyl (C=O) groups excluding carboxylic acids is 2. The molecular weight excluding hydrogens is 258 g/mol. The summed E-state index contributed by atoms with van der Waals surface area (Å²) >= 11 is 0. The van der Waals surface area contributed by atoms with Gasteiger partial charge in [0, 0.05) is 25.9 Å². The van der Waals surface area contributed by atoms with E-state index >= 15 is 0 Å². The second-order valence-corrected chi connectivity index (χ2v) is 4.70. The average molecular weight is 277 g/mol. The third-order valence-electron chi connectivity index (χ3n) is 3.12. The minimum absolute atomic E-state index is 0.237. The summed E-state index contributed by atoms with van der Waals surface area (Å²) in [6.45, 7) is 2.12. The van der Waals surface area contributed by atoms with Crippen molar-refractivity contribution in [1.82, 2.24) is 4.90 Å². The summed E-state index contributed by atoms with van der Waals surface area (Å²) in [7, 11) is 0. The molecule has 2 rings (SSSR count). The molecule has 0 aromatic heterocycles. The number of Topliss-reactive ketones (excluding diaryl/α,β-unsaturated/α-hetero) is 1. The second kappa shape index (κ2) is 7.65. The van der Waals surface area contributed by atoms with Gasteiger partial charge in [0.05, 0.1) is 6.54 Å². The SMILES string of the molecule is O=C1CCN(CC(=O)OCCOc2ccccc2)CC1. The standard InChI is InChI=1S/C15H19NO4/c17-13-6-8-16(9-7-13)12-15(18)20-11-10-19-14-4-2-1-3-5-14/h1-5H,6-12H2. The van der Waals surface area contributed by atoms with Gasteiger partial charge in [-0.15, -0.1) is 0 Å². The Bertz CT molecular complexity index is 436. The zero-order chi connectivity index (χ0) is 14.2. The molecule has 0 spiro atoms. The summed E-state index contributed by atoms with van der Waals surface area (Å²) in [4.78, 5) is 24.6. The molecule has 0 bridgehead atoms. The van der Waals surface area contributed by atoms with Crippen molar-refractivity contribution in [2.75, 3.05) is 32.8 Å². The molecule has 0 amide bonds. The molecule has 1 saturated heterocycles. The molecule has 1 aliphatic heterocycles. The van der Waals surface area contributed by atoms with Crippen molar-refractivity contribution in [2.24, 2.45) is 0 Å². The van der Waals surface area contributed by atoms with E-state index in [1.54, 1.807) is 0 Å². The van der Waals surface area contributed by atoms with Gasteiger partial charge >= 0.3 is 5.97 Å². The topological polar surface area (TPSA) is 55.8 Å². The van der Waals surface area contributed by atoms with E-state index in [2.05, 4.69) is 0 Å². The Balaban J connectivity index is 1.57. The molecule has 20 heavy (non-hydrogen) atoms. The lowest BCUT2D eigenvalue weighted by Crippen LogP contribution is -2.38. The van der Waals surface area contributed by atoms with E-state index in [-0.39, 0.29) is 24.9 Å². The maximum Gasteiger partial charge on any atom is 0.320 e. The zero-order valence-electron chi connectivity index (χ0n) is 11.4. The Morgan fingerprint density at radius 3 is 2.50 bits per heavy atom. The van der Waals surface area contributed by atoms with Gasteiger partial charge in [0.15, 0.2) is 0 Å². The molecule has 1 fully saturated rings. The van der Waals surface area contributed by atoms with Crippen molar-refractivity contribution in [2.45, 2.75) is 12.8 Å².